The first-order valence-corrected chi connectivity index (χ1v) is 8.48. The molecule has 0 spiro atoms. The Morgan fingerprint density at radius 1 is 1.21 bits per heavy atom. The first-order chi connectivity index (χ1) is 13.5. The lowest BCUT2D eigenvalue weighted by molar-refractivity contribution is -0.384. The number of benzene rings is 2. The van der Waals surface area contributed by atoms with Gasteiger partial charge < -0.3 is 10.5 Å². The van der Waals surface area contributed by atoms with Crippen molar-refractivity contribution in [2.75, 3.05) is 0 Å². The molecule has 1 aliphatic heterocycles. The quantitative estimate of drug-likeness (QED) is 0.555. The molecule has 8 nitrogen and oxygen atoms in total. The van der Waals surface area contributed by atoms with E-state index in [1.807, 2.05) is 37.3 Å². The fraction of sp³-hybridized carbons (Fsp3) is 0.100. The standard InChI is InChI=1S/C20H15N5O3/c1-12-17-18(13-5-3-2-4-6-13)16(11-21)19(22)28-20(17)24(23-12)14-7-9-15(10-8-14)25(26)27/h2-10,18H,22H2,1H3/t18-/m0/s1. The number of allylic oxidation sites excluding steroid dienone is 1. The minimum atomic E-state index is -0.463. The van der Waals surface area contributed by atoms with Crippen molar-refractivity contribution in [3.8, 4) is 17.6 Å². The summed E-state index contributed by atoms with van der Waals surface area (Å²) in [6, 6.07) is 17.7. The van der Waals surface area contributed by atoms with E-state index in [0.717, 1.165) is 11.1 Å². The molecule has 1 atom stereocenters. The molecule has 8 heteroatoms. The Bertz CT molecular complexity index is 1140. The van der Waals surface area contributed by atoms with Crippen molar-refractivity contribution < 1.29 is 9.66 Å². The number of nitriles is 1. The summed E-state index contributed by atoms with van der Waals surface area (Å²) in [5.41, 5.74) is 9.28. The number of aromatic nitrogens is 2. The van der Waals surface area contributed by atoms with Crippen LogP contribution in [-0.4, -0.2) is 14.7 Å². The Hall–Kier alpha value is -4.12. The van der Waals surface area contributed by atoms with E-state index >= 15 is 0 Å². The van der Waals surface area contributed by atoms with Crippen LogP contribution in [0.1, 0.15) is 22.7 Å². The first-order valence-electron chi connectivity index (χ1n) is 8.48. The number of rotatable bonds is 3. The van der Waals surface area contributed by atoms with Gasteiger partial charge in [-0.2, -0.15) is 10.4 Å². The molecule has 2 heterocycles. The summed E-state index contributed by atoms with van der Waals surface area (Å²) in [6.45, 7) is 1.83. The minimum Gasteiger partial charge on any atom is -0.422 e. The highest BCUT2D eigenvalue weighted by atomic mass is 16.6. The Morgan fingerprint density at radius 2 is 1.89 bits per heavy atom. The van der Waals surface area contributed by atoms with Crippen LogP contribution in [0.2, 0.25) is 0 Å². The van der Waals surface area contributed by atoms with Crippen LogP contribution >= 0.6 is 0 Å². The Morgan fingerprint density at radius 3 is 2.50 bits per heavy atom. The van der Waals surface area contributed by atoms with Gasteiger partial charge in [0.2, 0.25) is 11.8 Å². The second kappa shape index (κ2) is 6.55. The van der Waals surface area contributed by atoms with Gasteiger partial charge in [0.25, 0.3) is 5.69 Å². The number of hydrogen-bond acceptors (Lipinski definition) is 6. The van der Waals surface area contributed by atoms with E-state index in [1.165, 1.54) is 12.1 Å². The number of nitrogens with two attached hydrogens (primary N) is 1. The molecule has 3 aromatic rings. The van der Waals surface area contributed by atoms with Gasteiger partial charge in [-0.1, -0.05) is 30.3 Å². The molecule has 2 aromatic carbocycles. The van der Waals surface area contributed by atoms with Gasteiger partial charge in [-0.3, -0.25) is 10.1 Å². The summed E-state index contributed by atoms with van der Waals surface area (Å²) in [7, 11) is 0. The molecular formula is C20H15N5O3. The molecule has 0 unspecified atom stereocenters. The van der Waals surface area contributed by atoms with Gasteiger partial charge >= 0.3 is 0 Å². The number of hydrogen-bond donors (Lipinski definition) is 1. The van der Waals surface area contributed by atoms with Crippen LogP contribution < -0.4 is 10.5 Å². The number of ether oxygens (including phenoxy) is 1. The molecule has 0 radical (unpaired) electrons. The lowest BCUT2D eigenvalue weighted by Gasteiger charge is -2.24. The molecule has 0 bridgehead atoms. The van der Waals surface area contributed by atoms with Gasteiger partial charge in [0.15, 0.2) is 0 Å². The van der Waals surface area contributed by atoms with Crippen molar-refractivity contribution in [2.24, 2.45) is 5.73 Å². The van der Waals surface area contributed by atoms with Crippen molar-refractivity contribution in [2.45, 2.75) is 12.8 Å². The van der Waals surface area contributed by atoms with Crippen LogP contribution in [0.5, 0.6) is 5.88 Å². The summed E-state index contributed by atoms with van der Waals surface area (Å²) >= 11 is 0. The van der Waals surface area contributed by atoms with Crippen LogP contribution in [0.15, 0.2) is 66.1 Å². The van der Waals surface area contributed by atoms with E-state index < -0.39 is 10.8 Å². The van der Waals surface area contributed by atoms with Gasteiger partial charge in [0.1, 0.15) is 11.6 Å². The lowest BCUT2D eigenvalue weighted by atomic mass is 9.84. The minimum absolute atomic E-state index is 0.0178. The molecule has 0 aliphatic carbocycles. The van der Waals surface area contributed by atoms with Crippen LogP contribution in [0.3, 0.4) is 0 Å². The molecular weight excluding hydrogens is 358 g/mol. The monoisotopic (exact) mass is 373 g/mol. The van der Waals surface area contributed by atoms with E-state index in [-0.39, 0.29) is 11.6 Å². The SMILES string of the molecule is Cc1nn(-c2ccc([N+](=O)[O-])cc2)c2c1[C@@H](c1ccccc1)C(C#N)=C(N)O2. The number of aryl methyl sites for hydroxylation is 1. The van der Waals surface area contributed by atoms with Crippen molar-refractivity contribution in [3.05, 3.63) is 93.0 Å². The lowest BCUT2D eigenvalue weighted by Crippen LogP contribution is -2.22. The molecule has 0 saturated heterocycles. The summed E-state index contributed by atoms with van der Waals surface area (Å²) in [4.78, 5) is 10.4. The summed E-state index contributed by atoms with van der Waals surface area (Å²) in [5, 5.41) is 25.1. The maximum atomic E-state index is 10.9. The van der Waals surface area contributed by atoms with E-state index in [9.17, 15) is 15.4 Å². The summed E-state index contributed by atoms with van der Waals surface area (Å²) in [6.07, 6.45) is 0. The second-order valence-corrected chi connectivity index (χ2v) is 6.33. The molecule has 0 amide bonds. The largest absolute Gasteiger partial charge is 0.422 e. The number of nitrogens with zero attached hydrogens (tertiary/aromatic N) is 4. The fourth-order valence-electron chi connectivity index (χ4n) is 3.38. The zero-order valence-corrected chi connectivity index (χ0v) is 14.9. The third-order valence-corrected chi connectivity index (χ3v) is 4.67. The van der Waals surface area contributed by atoms with Crippen LogP contribution in [-0.2, 0) is 0 Å². The molecule has 1 aliphatic rings. The number of nitro benzene ring substituents is 1. The van der Waals surface area contributed by atoms with Gasteiger partial charge in [-0.25, -0.2) is 4.68 Å². The molecule has 0 fully saturated rings. The molecule has 1 aromatic heterocycles. The average Bonchev–Trinajstić information content (AvgIpc) is 3.03. The molecule has 138 valence electrons. The van der Waals surface area contributed by atoms with E-state index in [1.54, 1.807) is 16.8 Å². The molecule has 28 heavy (non-hydrogen) atoms. The van der Waals surface area contributed by atoms with Gasteiger partial charge in [0.05, 0.1) is 27.8 Å². The van der Waals surface area contributed by atoms with Crippen molar-refractivity contribution >= 4 is 5.69 Å². The molecule has 4 rings (SSSR count). The van der Waals surface area contributed by atoms with E-state index in [4.69, 9.17) is 10.5 Å². The van der Waals surface area contributed by atoms with Gasteiger partial charge in [0, 0.05) is 12.1 Å². The van der Waals surface area contributed by atoms with Crippen LogP contribution in [0.4, 0.5) is 5.69 Å². The number of non-ortho nitro benzene ring substituents is 1. The number of nitro groups is 1. The normalized spacial score (nSPS) is 15.5. The summed E-state index contributed by atoms with van der Waals surface area (Å²) < 4.78 is 7.32. The zero-order chi connectivity index (χ0) is 19.8. The predicted molar refractivity (Wildman–Crippen MR) is 101 cm³/mol. The topological polar surface area (TPSA) is 120 Å². The average molecular weight is 373 g/mol. The van der Waals surface area contributed by atoms with E-state index in [2.05, 4.69) is 11.2 Å². The van der Waals surface area contributed by atoms with Crippen LogP contribution in [0.25, 0.3) is 5.69 Å². The highest BCUT2D eigenvalue weighted by molar-refractivity contribution is 5.57. The zero-order valence-electron chi connectivity index (χ0n) is 14.9. The highest BCUT2D eigenvalue weighted by Gasteiger charge is 2.36. The van der Waals surface area contributed by atoms with Crippen molar-refractivity contribution in [1.82, 2.24) is 9.78 Å². The van der Waals surface area contributed by atoms with Crippen molar-refractivity contribution in [1.29, 1.82) is 5.26 Å². The molecule has 2 N–H and O–H groups in total. The first kappa shape index (κ1) is 17.3. The van der Waals surface area contributed by atoms with E-state index in [0.29, 0.717) is 22.8 Å². The maximum Gasteiger partial charge on any atom is 0.269 e. The fourth-order valence-corrected chi connectivity index (χ4v) is 3.38. The van der Waals surface area contributed by atoms with Crippen LogP contribution in [0, 0.1) is 28.4 Å². The van der Waals surface area contributed by atoms with Crippen molar-refractivity contribution in [3.63, 3.8) is 0 Å². The Balaban J connectivity index is 1.90. The second-order valence-electron chi connectivity index (χ2n) is 6.33. The third-order valence-electron chi connectivity index (χ3n) is 4.67. The third kappa shape index (κ3) is 2.66. The van der Waals surface area contributed by atoms with Gasteiger partial charge in [-0.05, 0) is 24.6 Å². The smallest absolute Gasteiger partial charge is 0.269 e. The Labute approximate surface area is 160 Å². The predicted octanol–water partition coefficient (Wildman–Crippen LogP) is 3.31. The summed E-state index contributed by atoms with van der Waals surface area (Å²) in [5.74, 6) is 0.0189. The Kier molecular flexibility index (Phi) is 4.05. The highest BCUT2D eigenvalue weighted by Crippen LogP contribution is 2.44. The van der Waals surface area contributed by atoms with Gasteiger partial charge in [-0.15, -0.1) is 0 Å². The molecule has 0 saturated carbocycles. The maximum absolute atomic E-state index is 10.9. The number of fused-ring (bicyclic) bond motifs is 1.